The Morgan fingerprint density at radius 2 is 2.03 bits per heavy atom. The first-order valence-corrected chi connectivity index (χ1v) is 12.8. The molecule has 3 aliphatic heterocycles. The predicted octanol–water partition coefficient (Wildman–Crippen LogP) is 3.82. The zero-order chi connectivity index (χ0) is 27.4. The van der Waals surface area contributed by atoms with E-state index in [4.69, 9.17) is 15.2 Å². The van der Waals surface area contributed by atoms with Gasteiger partial charge in [-0.25, -0.2) is 14.4 Å². The third-order valence-corrected chi connectivity index (χ3v) is 7.53. The maximum atomic E-state index is 14.9. The van der Waals surface area contributed by atoms with Crippen molar-refractivity contribution in [2.75, 3.05) is 18.8 Å². The van der Waals surface area contributed by atoms with Gasteiger partial charge in [0.05, 0.1) is 31.0 Å². The van der Waals surface area contributed by atoms with Crippen molar-refractivity contribution in [1.29, 1.82) is 0 Å². The lowest BCUT2D eigenvalue weighted by Crippen LogP contribution is -2.56. The number of carbonyl (C=O) groups is 1. The summed E-state index contributed by atoms with van der Waals surface area (Å²) in [5.41, 5.74) is 9.03. The average Bonchev–Trinajstić information content (AvgIpc) is 3.26. The van der Waals surface area contributed by atoms with Gasteiger partial charge in [0.25, 0.3) is 0 Å². The van der Waals surface area contributed by atoms with Crippen molar-refractivity contribution < 1.29 is 31.8 Å². The number of piperidine rings is 1. The molecule has 38 heavy (non-hydrogen) atoms. The van der Waals surface area contributed by atoms with Crippen LogP contribution in [-0.2, 0) is 35.3 Å². The molecule has 3 aliphatic rings. The van der Waals surface area contributed by atoms with Crippen LogP contribution in [0, 0.1) is 0 Å². The molecule has 5 rings (SSSR count). The van der Waals surface area contributed by atoms with Gasteiger partial charge in [-0.1, -0.05) is 19.9 Å². The van der Waals surface area contributed by atoms with E-state index in [1.807, 2.05) is 6.92 Å². The van der Waals surface area contributed by atoms with Crippen molar-refractivity contribution in [3.05, 3.63) is 45.8 Å². The van der Waals surface area contributed by atoms with Crippen LogP contribution in [0.25, 0.3) is 0 Å². The minimum Gasteiger partial charge on any atom is -0.469 e. The van der Waals surface area contributed by atoms with E-state index < -0.39 is 30.2 Å². The Balaban J connectivity index is 1.34. The number of fused-ring (bicyclic) bond motifs is 3. The Kier molecular flexibility index (Phi) is 6.97. The number of likely N-dealkylation sites (tertiary alicyclic amines) is 1. The van der Waals surface area contributed by atoms with E-state index in [-0.39, 0.29) is 43.3 Å². The van der Waals surface area contributed by atoms with Gasteiger partial charge in [-0.3, -0.25) is 10.1 Å². The lowest BCUT2D eigenvalue weighted by molar-refractivity contribution is -0.141. The highest BCUT2D eigenvalue weighted by Gasteiger charge is 2.40. The van der Waals surface area contributed by atoms with Crippen molar-refractivity contribution in [1.82, 2.24) is 20.2 Å². The fourth-order valence-electron chi connectivity index (χ4n) is 5.44. The van der Waals surface area contributed by atoms with E-state index in [1.165, 1.54) is 11.0 Å². The Hall–Kier alpha value is -2.99. The third kappa shape index (κ3) is 4.91. The van der Waals surface area contributed by atoms with Gasteiger partial charge in [-0.05, 0) is 42.9 Å². The van der Waals surface area contributed by atoms with Gasteiger partial charge in [0, 0.05) is 24.2 Å². The van der Waals surface area contributed by atoms with Gasteiger partial charge in [0.15, 0.2) is 0 Å². The van der Waals surface area contributed by atoms with Crippen LogP contribution in [-0.4, -0.2) is 52.2 Å². The Morgan fingerprint density at radius 3 is 2.74 bits per heavy atom. The normalized spacial score (nSPS) is 25.3. The van der Waals surface area contributed by atoms with Gasteiger partial charge >= 0.3 is 6.18 Å². The minimum atomic E-state index is -4.66. The lowest BCUT2D eigenvalue weighted by Gasteiger charge is -2.38. The highest BCUT2D eigenvalue weighted by atomic mass is 19.4. The van der Waals surface area contributed by atoms with Crippen molar-refractivity contribution >= 4 is 11.7 Å². The van der Waals surface area contributed by atoms with Gasteiger partial charge < -0.3 is 20.1 Å². The van der Waals surface area contributed by atoms with Gasteiger partial charge in [-0.15, -0.1) is 0 Å². The second kappa shape index (κ2) is 9.96. The number of amides is 1. The molecule has 8 nitrogen and oxygen atoms in total. The largest absolute Gasteiger partial charge is 0.469 e. The van der Waals surface area contributed by atoms with Gasteiger partial charge in [-0.2, -0.15) is 13.2 Å². The molecule has 5 heterocycles. The number of rotatable bonds is 4. The predicted molar refractivity (Wildman–Crippen MR) is 130 cm³/mol. The highest BCUT2D eigenvalue weighted by Crippen LogP contribution is 2.39. The van der Waals surface area contributed by atoms with E-state index in [1.54, 1.807) is 13.8 Å². The van der Waals surface area contributed by atoms with Crippen LogP contribution in [0.15, 0.2) is 12.1 Å². The monoisotopic (exact) mass is 537 g/mol. The summed E-state index contributed by atoms with van der Waals surface area (Å²) in [4.78, 5) is 23.2. The number of nitrogens with two attached hydrogens (primary N) is 1. The number of carbonyl (C=O) groups excluding carboxylic acids is 1. The summed E-state index contributed by atoms with van der Waals surface area (Å²) in [5, 5.41) is 3.20. The number of alkyl halides is 4. The van der Waals surface area contributed by atoms with E-state index in [0.717, 1.165) is 28.5 Å². The van der Waals surface area contributed by atoms with Crippen molar-refractivity contribution in [2.24, 2.45) is 0 Å². The molecule has 2 aromatic heterocycles. The number of pyridine rings is 2. The number of hydrogen-bond acceptors (Lipinski definition) is 7. The quantitative estimate of drug-likeness (QED) is 0.572. The van der Waals surface area contributed by atoms with E-state index in [2.05, 4.69) is 15.3 Å². The van der Waals surface area contributed by atoms with Crippen LogP contribution >= 0.6 is 0 Å². The van der Waals surface area contributed by atoms with Crippen LogP contribution in [0.3, 0.4) is 0 Å². The summed E-state index contributed by atoms with van der Waals surface area (Å²) in [7, 11) is 0. The topological polar surface area (TPSA) is 103 Å². The summed E-state index contributed by atoms with van der Waals surface area (Å²) in [6.07, 6.45) is -7.04. The van der Waals surface area contributed by atoms with Crippen LogP contribution in [0.2, 0.25) is 0 Å². The van der Waals surface area contributed by atoms with Crippen molar-refractivity contribution in [3.63, 3.8) is 0 Å². The van der Waals surface area contributed by atoms with Crippen LogP contribution in [0.1, 0.15) is 72.9 Å². The van der Waals surface area contributed by atoms with Crippen molar-refractivity contribution in [3.8, 4) is 5.88 Å². The summed E-state index contributed by atoms with van der Waals surface area (Å²) < 4.78 is 66.3. The molecule has 3 N–H and O–H groups in total. The molecule has 1 fully saturated rings. The molecular weight excluding hydrogens is 506 g/mol. The first-order valence-electron chi connectivity index (χ1n) is 12.8. The molecule has 1 saturated heterocycles. The molecule has 2 aromatic rings. The maximum absolute atomic E-state index is 14.9. The number of anilines is 1. The second-order valence-corrected chi connectivity index (χ2v) is 10.4. The molecule has 0 aliphatic carbocycles. The second-order valence-electron chi connectivity index (χ2n) is 10.4. The standard InChI is InChI=1S/C26H31F4N5O3/c1-12(2)14-4-5-21(26(28,29)30)34-24(14)38-20-10-35(7-6-17(20)27)25(36)18-8-15-16-11-37-13(3)22(16)23(31)33-19(15)9-32-18/h4-5,12-13,17-18,20,32H,6-11H2,1-3H3,(H2,31,33)/t13-,17+,18-,20-/m1/s1. The molecule has 0 radical (unpaired) electrons. The number of nitrogens with zero attached hydrogens (tertiary/aromatic N) is 3. The smallest absolute Gasteiger partial charge is 0.433 e. The number of hydrogen-bond donors (Lipinski definition) is 2. The minimum absolute atomic E-state index is 0.00846. The SMILES string of the molecule is CC(C)c1ccc(C(F)(F)F)nc1O[C@@H]1CN(C(=O)[C@H]2Cc3c(nc(N)c4c3CO[C@@H]4C)CN2)CC[C@@H]1F. The first kappa shape index (κ1) is 26.6. The summed E-state index contributed by atoms with van der Waals surface area (Å²) >= 11 is 0. The van der Waals surface area contributed by atoms with Gasteiger partial charge in [0.1, 0.15) is 23.8 Å². The molecule has 206 valence electrons. The molecule has 1 amide bonds. The fourth-order valence-corrected chi connectivity index (χ4v) is 5.44. The number of ether oxygens (including phenoxy) is 2. The number of aromatic nitrogens is 2. The number of halogens is 4. The summed E-state index contributed by atoms with van der Waals surface area (Å²) in [5.74, 6) is -0.240. The van der Waals surface area contributed by atoms with Crippen LogP contribution in [0.4, 0.5) is 23.4 Å². The summed E-state index contributed by atoms with van der Waals surface area (Å²) in [6, 6.07) is 1.63. The molecule has 12 heteroatoms. The highest BCUT2D eigenvalue weighted by molar-refractivity contribution is 5.83. The summed E-state index contributed by atoms with van der Waals surface area (Å²) in [6.45, 7) is 6.32. The van der Waals surface area contributed by atoms with E-state index >= 15 is 0 Å². The molecule has 0 saturated carbocycles. The zero-order valence-corrected chi connectivity index (χ0v) is 21.4. The number of nitrogen functional groups attached to an aromatic ring is 1. The Morgan fingerprint density at radius 1 is 1.26 bits per heavy atom. The number of nitrogens with one attached hydrogen (secondary N) is 1. The lowest BCUT2D eigenvalue weighted by atomic mass is 9.91. The maximum Gasteiger partial charge on any atom is 0.433 e. The average molecular weight is 538 g/mol. The Bertz CT molecular complexity index is 1240. The van der Waals surface area contributed by atoms with E-state index in [0.29, 0.717) is 31.0 Å². The molecule has 0 aromatic carbocycles. The third-order valence-electron chi connectivity index (χ3n) is 7.53. The molecule has 0 bridgehead atoms. The van der Waals surface area contributed by atoms with E-state index in [9.17, 15) is 22.4 Å². The fraction of sp³-hybridized carbons (Fsp3) is 0.577. The van der Waals surface area contributed by atoms with Crippen molar-refractivity contribution in [2.45, 2.75) is 83.3 Å². The zero-order valence-electron chi connectivity index (χ0n) is 21.4. The molecule has 4 atom stereocenters. The molecular formula is C26H31F4N5O3. The first-order chi connectivity index (χ1) is 17.9. The molecule has 0 unspecified atom stereocenters. The van der Waals surface area contributed by atoms with Crippen LogP contribution in [0.5, 0.6) is 5.88 Å². The van der Waals surface area contributed by atoms with Gasteiger partial charge in [0.2, 0.25) is 11.8 Å². The van der Waals surface area contributed by atoms with Crippen LogP contribution < -0.4 is 15.8 Å². The molecule has 0 spiro atoms. The Labute approximate surface area is 217 Å².